The summed E-state index contributed by atoms with van der Waals surface area (Å²) in [5.74, 6) is 0.496. The zero-order chi connectivity index (χ0) is 12.6. The van der Waals surface area contributed by atoms with Crippen molar-refractivity contribution in [3.63, 3.8) is 0 Å². The molecule has 2 aromatic rings. The summed E-state index contributed by atoms with van der Waals surface area (Å²) in [6.07, 6.45) is 2.18. The number of primary amides is 1. The van der Waals surface area contributed by atoms with Crippen LogP contribution in [0.15, 0.2) is 18.3 Å². The number of carbonyl (C=O) groups is 1. The van der Waals surface area contributed by atoms with Crippen molar-refractivity contribution in [3.8, 4) is 5.75 Å². The number of rotatable bonds is 3. The number of carbonyl (C=O) groups excluding carboxylic acids is 1. The van der Waals surface area contributed by atoms with Gasteiger partial charge in [0.25, 0.3) is 0 Å². The van der Waals surface area contributed by atoms with Crippen LogP contribution in [-0.4, -0.2) is 17.6 Å². The van der Waals surface area contributed by atoms with Gasteiger partial charge in [0, 0.05) is 18.6 Å². The van der Waals surface area contributed by atoms with E-state index in [4.69, 9.17) is 10.5 Å². The molecule has 2 N–H and O–H groups in total. The Bertz CT molecular complexity index is 585. The molecule has 1 amide bonds. The van der Waals surface area contributed by atoms with Crippen molar-refractivity contribution in [1.29, 1.82) is 0 Å². The maximum Gasteiger partial charge on any atom is 0.221 e. The minimum atomic E-state index is -0.321. The normalized spacial score (nSPS) is 10.8. The maximum atomic E-state index is 11.0. The van der Waals surface area contributed by atoms with Crippen molar-refractivity contribution in [3.05, 3.63) is 29.5 Å². The second-order valence-corrected chi connectivity index (χ2v) is 4.27. The van der Waals surface area contributed by atoms with Crippen LogP contribution in [0, 0.1) is 6.92 Å². The lowest BCUT2D eigenvalue weighted by atomic mass is 10.1. The van der Waals surface area contributed by atoms with E-state index in [1.807, 2.05) is 30.8 Å². The molecule has 4 nitrogen and oxygen atoms in total. The Hall–Kier alpha value is -1.97. The quantitative estimate of drug-likeness (QED) is 0.872. The molecule has 2 rings (SSSR count). The predicted molar refractivity (Wildman–Crippen MR) is 67.1 cm³/mol. The highest BCUT2D eigenvalue weighted by Gasteiger charge is 2.13. The molecule has 0 aliphatic heterocycles. The van der Waals surface area contributed by atoms with Crippen molar-refractivity contribution >= 4 is 16.8 Å². The lowest BCUT2D eigenvalue weighted by Gasteiger charge is -2.06. The minimum Gasteiger partial charge on any atom is -0.495 e. The minimum absolute atomic E-state index is 0.254. The molecule has 90 valence electrons. The Morgan fingerprint density at radius 3 is 2.76 bits per heavy atom. The van der Waals surface area contributed by atoms with E-state index in [2.05, 4.69) is 6.07 Å². The highest BCUT2D eigenvalue weighted by Crippen LogP contribution is 2.31. The van der Waals surface area contributed by atoms with Gasteiger partial charge in [0.15, 0.2) is 0 Å². The van der Waals surface area contributed by atoms with E-state index in [-0.39, 0.29) is 12.3 Å². The molecule has 0 aliphatic carbocycles. The van der Waals surface area contributed by atoms with Crippen LogP contribution in [0.3, 0.4) is 0 Å². The summed E-state index contributed by atoms with van der Waals surface area (Å²) in [6, 6.07) is 4.03. The fourth-order valence-electron chi connectivity index (χ4n) is 2.21. The van der Waals surface area contributed by atoms with E-state index in [0.717, 1.165) is 27.8 Å². The van der Waals surface area contributed by atoms with E-state index in [9.17, 15) is 4.79 Å². The number of nitrogens with zero attached hydrogens (tertiary/aromatic N) is 1. The summed E-state index contributed by atoms with van der Waals surface area (Å²) in [6.45, 7) is 2.00. The second kappa shape index (κ2) is 4.13. The summed E-state index contributed by atoms with van der Waals surface area (Å²) in [4.78, 5) is 11.0. The molecule has 4 heteroatoms. The Morgan fingerprint density at radius 1 is 1.47 bits per heavy atom. The van der Waals surface area contributed by atoms with E-state index < -0.39 is 0 Å². The van der Waals surface area contributed by atoms with Crippen molar-refractivity contribution in [2.45, 2.75) is 13.3 Å². The summed E-state index contributed by atoms with van der Waals surface area (Å²) in [5, 5.41) is 1.03. The number of ether oxygens (including phenoxy) is 1. The van der Waals surface area contributed by atoms with Crippen molar-refractivity contribution in [2.24, 2.45) is 12.8 Å². The Kier molecular flexibility index (Phi) is 2.79. The molecule has 0 spiro atoms. The van der Waals surface area contributed by atoms with Gasteiger partial charge in [-0.2, -0.15) is 0 Å². The molecule has 0 unspecified atom stereocenters. The standard InChI is InChI=1S/C13H16N2O2/c1-8-4-10-9(6-12(14)16)7-15(2)13(10)11(5-8)17-3/h4-5,7H,6H2,1-3H3,(H2,14,16). The molecule has 0 saturated heterocycles. The predicted octanol–water partition coefficient (Wildman–Crippen LogP) is 1.52. The second-order valence-electron chi connectivity index (χ2n) is 4.27. The van der Waals surface area contributed by atoms with Crippen molar-refractivity contribution in [1.82, 2.24) is 4.57 Å². The number of nitrogens with two attached hydrogens (primary N) is 1. The largest absolute Gasteiger partial charge is 0.495 e. The zero-order valence-corrected chi connectivity index (χ0v) is 10.3. The summed E-state index contributed by atoms with van der Waals surface area (Å²) < 4.78 is 7.33. The maximum absolute atomic E-state index is 11.0. The fraction of sp³-hybridized carbons (Fsp3) is 0.308. The highest BCUT2D eigenvalue weighted by atomic mass is 16.5. The smallest absolute Gasteiger partial charge is 0.221 e. The number of benzene rings is 1. The third kappa shape index (κ3) is 1.98. The average molecular weight is 232 g/mol. The van der Waals surface area contributed by atoms with Gasteiger partial charge >= 0.3 is 0 Å². The van der Waals surface area contributed by atoms with Gasteiger partial charge in [-0.05, 0) is 30.2 Å². The molecular formula is C13H16N2O2. The van der Waals surface area contributed by atoms with Crippen LogP contribution in [0.5, 0.6) is 5.75 Å². The van der Waals surface area contributed by atoms with E-state index in [1.54, 1.807) is 7.11 Å². The Labute approximate surface area is 100.0 Å². The van der Waals surface area contributed by atoms with Gasteiger partial charge in [-0.1, -0.05) is 0 Å². The first kappa shape index (κ1) is 11.5. The first-order valence-electron chi connectivity index (χ1n) is 5.43. The van der Waals surface area contributed by atoms with Crippen LogP contribution in [0.4, 0.5) is 0 Å². The zero-order valence-electron chi connectivity index (χ0n) is 10.3. The van der Waals surface area contributed by atoms with Gasteiger partial charge in [-0.25, -0.2) is 0 Å². The van der Waals surface area contributed by atoms with E-state index in [0.29, 0.717) is 0 Å². The van der Waals surface area contributed by atoms with Crippen molar-refractivity contribution in [2.75, 3.05) is 7.11 Å². The van der Waals surface area contributed by atoms with Crippen LogP contribution in [0.2, 0.25) is 0 Å². The molecule has 0 aliphatic rings. The molecule has 0 saturated carbocycles. The van der Waals surface area contributed by atoms with Gasteiger partial charge in [0.1, 0.15) is 5.75 Å². The van der Waals surface area contributed by atoms with Crippen LogP contribution in [0.25, 0.3) is 10.9 Å². The van der Waals surface area contributed by atoms with Gasteiger partial charge in [0.2, 0.25) is 5.91 Å². The number of hydrogen-bond donors (Lipinski definition) is 1. The van der Waals surface area contributed by atoms with Gasteiger partial charge in [0.05, 0.1) is 19.0 Å². The van der Waals surface area contributed by atoms with Crippen LogP contribution in [0.1, 0.15) is 11.1 Å². The number of hydrogen-bond acceptors (Lipinski definition) is 2. The number of fused-ring (bicyclic) bond motifs is 1. The Morgan fingerprint density at radius 2 is 2.18 bits per heavy atom. The Balaban J connectivity index is 2.72. The molecule has 1 aromatic heterocycles. The lowest BCUT2D eigenvalue weighted by molar-refractivity contribution is -0.117. The average Bonchev–Trinajstić information content (AvgIpc) is 2.54. The molecule has 0 atom stereocenters. The summed E-state index contributed by atoms with van der Waals surface area (Å²) >= 11 is 0. The molecule has 17 heavy (non-hydrogen) atoms. The lowest BCUT2D eigenvalue weighted by Crippen LogP contribution is -2.13. The monoisotopic (exact) mass is 232 g/mol. The highest BCUT2D eigenvalue weighted by molar-refractivity contribution is 5.93. The third-order valence-electron chi connectivity index (χ3n) is 2.85. The van der Waals surface area contributed by atoms with Crippen molar-refractivity contribution < 1.29 is 9.53 Å². The summed E-state index contributed by atoms with van der Waals surface area (Å²) in [5.41, 5.74) is 8.29. The molecule has 0 fully saturated rings. The molecule has 1 heterocycles. The summed E-state index contributed by atoms with van der Waals surface area (Å²) in [7, 11) is 3.58. The van der Waals surface area contributed by atoms with E-state index >= 15 is 0 Å². The SMILES string of the molecule is COc1cc(C)cc2c(CC(N)=O)cn(C)c12. The van der Waals surface area contributed by atoms with Gasteiger partial charge < -0.3 is 15.0 Å². The van der Waals surface area contributed by atoms with Crippen LogP contribution < -0.4 is 10.5 Å². The fourth-order valence-corrected chi connectivity index (χ4v) is 2.21. The number of aromatic nitrogens is 1. The van der Waals surface area contributed by atoms with Crippen LogP contribution >= 0.6 is 0 Å². The van der Waals surface area contributed by atoms with Gasteiger partial charge in [-0.15, -0.1) is 0 Å². The number of amides is 1. The molecule has 0 bridgehead atoms. The molecule has 1 aromatic carbocycles. The van der Waals surface area contributed by atoms with E-state index in [1.165, 1.54) is 0 Å². The topological polar surface area (TPSA) is 57.2 Å². The molecule has 0 radical (unpaired) electrons. The third-order valence-corrected chi connectivity index (χ3v) is 2.85. The van der Waals surface area contributed by atoms with Crippen LogP contribution in [-0.2, 0) is 18.3 Å². The molecular weight excluding hydrogens is 216 g/mol. The number of aryl methyl sites for hydroxylation is 2. The first-order chi connectivity index (χ1) is 8.02. The first-order valence-corrected chi connectivity index (χ1v) is 5.43. The van der Waals surface area contributed by atoms with Gasteiger partial charge in [-0.3, -0.25) is 4.79 Å². The number of methoxy groups -OCH3 is 1.